The van der Waals surface area contributed by atoms with Gasteiger partial charge >= 0.3 is 5.97 Å². The summed E-state index contributed by atoms with van der Waals surface area (Å²) < 4.78 is 15.8. The van der Waals surface area contributed by atoms with Gasteiger partial charge in [0.1, 0.15) is 6.54 Å². The van der Waals surface area contributed by atoms with E-state index in [0.29, 0.717) is 17.1 Å². The van der Waals surface area contributed by atoms with Crippen LogP contribution in [0.3, 0.4) is 0 Å². The lowest BCUT2D eigenvalue weighted by atomic mass is 10.2. The Hall–Kier alpha value is -1.75. The van der Waals surface area contributed by atoms with Crippen LogP contribution in [0.2, 0.25) is 0 Å². The third-order valence-corrected chi connectivity index (χ3v) is 4.85. The summed E-state index contributed by atoms with van der Waals surface area (Å²) in [6, 6.07) is 3.51. The molecule has 24 heavy (non-hydrogen) atoms. The molecule has 0 unspecified atom stereocenters. The van der Waals surface area contributed by atoms with E-state index < -0.39 is 23.7 Å². The van der Waals surface area contributed by atoms with Gasteiger partial charge in [-0.15, -0.1) is 0 Å². The largest absolute Gasteiger partial charge is 0.493 e. The van der Waals surface area contributed by atoms with Crippen LogP contribution in [0.25, 0.3) is 6.08 Å². The maximum Gasteiger partial charge on any atom is 0.325 e. The third kappa shape index (κ3) is 3.83. The number of benzene rings is 1. The van der Waals surface area contributed by atoms with Gasteiger partial charge in [0.05, 0.1) is 29.8 Å². The van der Waals surface area contributed by atoms with Crippen LogP contribution < -0.4 is 9.47 Å². The number of carbonyl (C=O) groups is 3. The number of rotatable bonds is 5. The molecule has 9 heteroatoms. The molecule has 7 nitrogen and oxygen atoms in total. The van der Waals surface area contributed by atoms with Gasteiger partial charge in [-0.1, -0.05) is 0 Å². The Bertz CT molecular complexity index is 733. The lowest BCUT2D eigenvalue weighted by molar-refractivity contribution is -0.143. The van der Waals surface area contributed by atoms with Gasteiger partial charge in [0.15, 0.2) is 11.5 Å². The Labute approximate surface area is 156 Å². The fourth-order valence-electron chi connectivity index (χ4n) is 2.00. The quantitative estimate of drug-likeness (QED) is 0.377. The topological polar surface area (TPSA) is 82.1 Å². The van der Waals surface area contributed by atoms with Crippen molar-refractivity contribution < 1.29 is 28.6 Å². The predicted molar refractivity (Wildman–Crippen MR) is 97.0 cm³/mol. The summed E-state index contributed by atoms with van der Waals surface area (Å²) in [5, 5.41) is -0.508. The van der Waals surface area contributed by atoms with Crippen LogP contribution in [0.15, 0.2) is 17.0 Å². The number of carbonyl (C=O) groups excluding carboxylic acids is 3. The molecule has 1 aromatic rings. The predicted octanol–water partition coefficient (Wildman–Crippen LogP) is 2.52. The summed E-state index contributed by atoms with van der Waals surface area (Å²) in [7, 11) is 4.25. The summed E-state index contributed by atoms with van der Waals surface area (Å²) >= 11 is 2.87. The van der Waals surface area contributed by atoms with Crippen molar-refractivity contribution >= 4 is 57.5 Å². The minimum absolute atomic E-state index is 0.229. The smallest absolute Gasteiger partial charge is 0.325 e. The van der Waals surface area contributed by atoms with Gasteiger partial charge in [0, 0.05) is 0 Å². The van der Waals surface area contributed by atoms with Crippen molar-refractivity contribution in [3.63, 3.8) is 0 Å². The number of methoxy groups -OCH3 is 3. The lowest BCUT2D eigenvalue weighted by Gasteiger charge is -2.11. The average molecular weight is 463 g/mol. The molecule has 1 aliphatic rings. The van der Waals surface area contributed by atoms with Gasteiger partial charge in [-0.2, -0.15) is 0 Å². The first-order valence-corrected chi connectivity index (χ1v) is 8.54. The van der Waals surface area contributed by atoms with Crippen LogP contribution in [0, 0.1) is 3.57 Å². The van der Waals surface area contributed by atoms with Gasteiger partial charge in [-0.3, -0.25) is 19.3 Å². The molecule has 1 aliphatic heterocycles. The highest BCUT2D eigenvalue weighted by Crippen LogP contribution is 2.36. The normalized spacial score (nSPS) is 15.8. The Morgan fingerprint density at radius 1 is 1.25 bits per heavy atom. The van der Waals surface area contributed by atoms with E-state index in [1.807, 2.05) is 0 Å². The minimum atomic E-state index is -0.654. The number of amides is 2. The highest BCUT2D eigenvalue weighted by atomic mass is 127. The van der Waals surface area contributed by atoms with Crippen LogP contribution in [0.4, 0.5) is 4.79 Å². The van der Waals surface area contributed by atoms with E-state index in [1.54, 1.807) is 18.2 Å². The highest BCUT2D eigenvalue weighted by molar-refractivity contribution is 14.1. The Morgan fingerprint density at radius 2 is 1.96 bits per heavy atom. The maximum atomic E-state index is 12.3. The van der Waals surface area contributed by atoms with Crippen LogP contribution in [0.1, 0.15) is 5.56 Å². The molecule has 0 N–H and O–H groups in total. The SMILES string of the molecule is COC(=O)CN1C(=O)S/C(=C\c2cc(I)c(OC)c(OC)c2)C1=O. The van der Waals surface area contributed by atoms with E-state index in [-0.39, 0.29) is 4.91 Å². The number of ether oxygens (including phenoxy) is 3. The lowest BCUT2D eigenvalue weighted by Crippen LogP contribution is -2.34. The van der Waals surface area contributed by atoms with E-state index in [1.165, 1.54) is 21.3 Å². The molecule has 2 rings (SSSR count). The molecule has 0 atom stereocenters. The van der Waals surface area contributed by atoms with Crippen molar-refractivity contribution in [2.75, 3.05) is 27.9 Å². The van der Waals surface area contributed by atoms with Crippen LogP contribution in [-0.2, 0) is 14.3 Å². The number of thioether (sulfide) groups is 1. The first-order chi connectivity index (χ1) is 11.4. The standard InChI is InChI=1S/C15H14INO6S/c1-21-10-5-8(4-9(16)13(10)23-3)6-11-14(19)17(15(20)24-11)7-12(18)22-2/h4-6H,7H2,1-3H3/b11-6-. The van der Waals surface area contributed by atoms with E-state index >= 15 is 0 Å². The maximum absolute atomic E-state index is 12.3. The molecule has 0 saturated carbocycles. The second-order valence-electron chi connectivity index (χ2n) is 4.58. The molecule has 2 amide bonds. The molecule has 0 spiro atoms. The van der Waals surface area contributed by atoms with E-state index in [2.05, 4.69) is 27.3 Å². The number of hydrogen-bond donors (Lipinski definition) is 0. The van der Waals surface area contributed by atoms with Crippen molar-refractivity contribution in [1.29, 1.82) is 0 Å². The monoisotopic (exact) mass is 463 g/mol. The number of halogens is 1. The molecule has 1 heterocycles. The fraction of sp³-hybridized carbons (Fsp3) is 0.267. The van der Waals surface area contributed by atoms with Crippen molar-refractivity contribution in [3.05, 3.63) is 26.2 Å². The minimum Gasteiger partial charge on any atom is -0.493 e. The van der Waals surface area contributed by atoms with Crippen molar-refractivity contribution in [2.45, 2.75) is 0 Å². The molecule has 1 aromatic carbocycles. The average Bonchev–Trinajstić information content (AvgIpc) is 2.81. The summed E-state index contributed by atoms with van der Waals surface area (Å²) in [5.74, 6) is -0.0714. The molecule has 128 valence electrons. The van der Waals surface area contributed by atoms with Gasteiger partial charge in [0.2, 0.25) is 0 Å². The molecular weight excluding hydrogens is 449 g/mol. The number of imide groups is 1. The summed E-state index contributed by atoms with van der Waals surface area (Å²) in [4.78, 5) is 36.6. The van der Waals surface area contributed by atoms with Crippen molar-refractivity contribution in [3.8, 4) is 11.5 Å². The zero-order valence-electron chi connectivity index (χ0n) is 13.1. The Kier molecular flexibility index (Phi) is 6.10. The van der Waals surface area contributed by atoms with Crippen molar-refractivity contribution in [2.24, 2.45) is 0 Å². The first-order valence-electron chi connectivity index (χ1n) is 6.65. The molecule has 0 radical (unpaired) electrons. The zero-order valence-corrected chi connectivity index (χ0v) is 16.1. The highest BCUT2D eigenvalue weighted by Gasteiger charge is 2.36. The van der Waals surface area contributed by atoms with Crippen LogP contribution in [-0.4, -0.2) is 49.9 Å². The van der Waals surface area contributed by atoms with Crippen LogP contribution in [0.5, 0.6) is 11.5 Å². The van der Waals surface area contributed by atoms with Crippen LogP contribution >= 0.6 is 34.4 Å². The molecular formula is C15H14INO6S. The molecule has 0 aliphatic carbocycles. The Balaban J connectivity index is 2.32. The van der Waals surface area contributed by atoms with Gasteiger partial charge in [0.25, 0.3) is 11.1 Å². The number of nitrogens with zero attached hydrogens (tertiary/aromatic N) is 1. The Morgan fingerprint density at radius 3 is 2.54 bits per heavy atom. The molecule has 0 aromatic heterocycles. The second kappa shape index (κ2) is 7.88. The summed E-state index contributed by atoms with van der Waals surface area (Å²) in [6.45, 7) is -0.401. The van der Waals surface area contributed by atoms with Crippen molar-refractivity contribution in [1.82, 2.24) is 4.90 Å². The van der Waals surface area contributed by atoms with E-state index in [4.69, 9.17) is 9.47 Å². The number of hydrogen-bond acceptors (Lipinski definition) is 7. The molecule has 1 saturated heterocycles. The number of esters is 1. The molecule has 0 bridgehead atoms. The van der Waals surface area contributed by atoms with Gasteiger partial charge in [-0.25, -0.2) is 0 Å². The second-order valence-corrected chi connectivity index (χ2v) is 6.74. The summed E-state index contributed by atoms with van der Waals surface area (Å²) in [5.41, 5.74) is 0.681. The van der Waals surface area contributed by atoms with E-state index in [9.17, 15) is 14.4 Å². The zero-order chi connectivity index (χ0) is 17.9. The first kappa shape index (κ1) is 18.6. The fourth-order valence-corrected chi connectivity index (χ4v) is 3.69. The van der Waals surface area contributed by atoms with Gasteiger partial charge in [-0.05, 0) is 58.1 Å². The third-order valence-electron chi connectivity index (χ3n) is 3.14. The van der Waals surface area contributed by atoms with E-state index in [0.717, 1.165) is 20.2 Å². The molecule has 1 fully saturated rings. The van der Waals surface area contributed by atoms with Gasteiger partial charge < -0.3 is 14.2 Å². The summed E-state index contributed by atoms with van der Waals surface area (Å²) in [6.07, 6.45) is 1.58.